The van der Waals surface area contributed by atoms with Crippen LogP contribution >= 0.6 is 15.9 Å². The van der Waals surface area contributed by atoms with Gasteiger partial charge in [0.05, 0.1) is 7.11 Å². The van der Waals surface area contributed by atoms with E-state index >= 15 is 0 Å². The van der Waals surface area contributed by atoms with Crippen LogP contribution in [0.5, 0.6) is 0 Å². The van der Waals surface area contributed by atoms with E-state index in [1.807, 2.05) is 0 Å². The van der Waals surface area contributed by atoms with Gasteiger partial charge in [0.25, 0.3) is 0 Å². The van der Waals surface area contributed by atoms with Crippen molar-refractivity contribution in [2.75, 3.05) is 20.3 Å². The van der Waals surface area contributed by atoms with E-state index in [1.165, 1.54) is 7.11 Å². The number of ether oxygens (including phenoxy) is 1. The Morgan fingerprint density at radius 1 is 1.50 bits per heavy atom. The summed E-state index contributed by atoms with van der Waals surface area (Å²) in [6.45, 7) is 6.93. The number of esters is 1. The lowest BCUT2D eigenvalue weighted by Gasteiger charge is -2.31. The third kappa shape index (κ3) is 5.82. The molecular weight excluding hydrogens is 274 g/mol. The van der Waals surface area contributed by atoms with Gasteiger partial charge >= 0.3 is 5.97 Å². The van der Waals surface area contributed by atoms with Crippen LogP contribution in [0.2, 0.25) is 0 Å². The van der Waals surface area contributed by atoms with Crippen molar-refractivity contribution in [3.8, 4) is 0 Å². The highest BCUT2D eigenvalue weighted by atomic mass is 79.9. The lowest BCUT2D eigenvalue weighted by atomic mass is 9.85. The molecule has 0 aromatic rings. The molecule has 96 valence electrons. The number of carbonyl (C=O) groups excluding carboxylic acids is 1. The third-order valence-electron chi connectivity index (χ3n) is 2.46. The summed E-state index contributed by atoms with van der Waals surface area (Å²) in [6, 6.07) is 0.169. The zero-order valence-electron chi connectivity index (χ0n) is 10.4. The second-order valence-corrected chi connectivity index (χ2v) is 5.94. The number of alkyl halides is 1. The monoisotopic (exact) mass is 295 g/mol. The van der Waals surface area contributed by atoms with Crippen LogP contribution in [0.1, 0.15) is 27.2 Å². The molecule has 0 aromatic carbocycles. The van der Waals surface area contributed by atoms with E-state index in [-0.39, 0.29) is 28.9 Å². The molecule has 0 aliphatic rings. The van der Waals surface area contributed by atoms with Gasteiger partial charge in [-0.1, -0.05) is 36.7 Å². The summed E-state index contributed by atoms with van der Waals surface area (Å²) in [5.41, 5.74) is 0.0472. The van der Waals surface area contributed by atoms with Gasteiger partial charge in [0, 0.05) is 19.2 Å². The van der Waals surface area contributed by atoms with Crippen molar-refractivity contribution >= 4 is 21.9 Å². The van der Waals surface area contributed by atoms with Crippen molar-refractivity contribution in [3.63, 3.8) is 0 Å². The molecule has 0 aliphatic heterocycles. The Morgan fingerprint density at radius 2 is 2.06 bits per heavy atom. The molecule has 2 N–H and O–H groups in total. The van der Waals surface area contributed by atoms with E-state index in [0.717, 1.165) is 0 Å². The summed E-state index contributed by atoms with van der Waals surface area (Å²) in [6.07, 6.45) is 0.671. The molecule has 0 radical (unpaired) electrons. The third-order valence-corrected chi connectivity index (χ3v) is 3.16. The summed E-state index contributed by atoms with van der Waals surface area (Å²) in [5.74, 6) is -0.288. The lowest BCUT2D eigenvalue weighted by Crippen LogP contribution is -2.44. The minimum absolute atomic E-state index is 0.0472. The number of methoxy groups -OCH3 is 1. The number of rotatable bonds is 6. The van der Waals surface area contributed by atoms with Crippen molar-refractivity contribution in [1.29, 1.82) is 0 Å². The first-order valence-corrected chi connectivity index (χ1v) is 6.30. The zero-order chi connectivity index (χ0) is 12.8. The standard InChI is InChI=1S/C11H22BrNO3/c1-11(2,3)9(5-6-14)13-7-8(12)10(15)16-4/h8-9,13-14H,5-7H2,1-4H3. The highest BCUT2D eigenvalue weighted by molar-refractivity contribution is 9.10. The normalized spacial score (nSPS) is 15.6. The van der Waals surface area contributed by atoms with Crippen molar-refractivity contribution in [2.24, 2.45) is 5.41 Å². The van der Waals surface area contributed by atoms with Gasteiger partial charge in [-0.3, -0.25) is 4.79 Å². The fourth-order valence-electron chi connectivity index (χ4n) is 1.43. The Bertz CT molecular complexity index is 216. The average Bonchev–Trinajstić information content (AvgIpc) is 2.20. The van der Waals surface area contributed by atoms with Crippen molar-refractivity contribution < 1.29 is 14.6 Å². The van der Waals surface area contributed by atoms with Crippen LogP contribution < -0.4 is 5.32 Å². The van der Waals surface area contributed by atoms with Crippen molar-refractivity contribution in [3.05, 3.63) is 0 Å². The molecule has 0 aliphatic carbocycles. The maximum atomic E-state index is 11.2. The van der Waals surface area contributed by atoms with Gasteiger partial charge in [-0.2, -0.15) is 0 Å². The van der Waals surface area contributed by atoms with Gasteiger partial charge in [0.15, 0.2) is 0 Å². The van der Waals surface area contributed by atoms with Gasteiger partial charge in [0.2, 0.25) is 0 Å². The first kappa shape index (κ1) is 15.9. The number of nitrogens with one attached hydrogen (secondary N) is 1. The Morgan fingerprint density at radius 3 is 2.44 bits per heavy atom. The fourth-order valence-corrected chi connectivity index (χ4v) is 1.80. The summed E-state index contributed by atoms with van der Waals surface area (Å²) in [4.78, 5) is 10.8. The van der Waals surface area contributed by atoms with E-state index in [9.17, 15) is 4.79 Å². The molecule has 16 heavy (non-hydrogen) atoms. The van der Waals surface area contributed by atoms with Gasteiger partial charge < -0.3 is 15.2 Å². The predicted molar refractivity (Wildman–Crippen MR) is 67.7 cm³/mol. The van der Waals surface area contributed by atoms with Gasteiger partial charge in [-0.25, -0.2) is 0 Å². The van der Waals surface area contributed by atoms with Crippen molar-refractivity contribution in [1.82, 2.24) is 5.32 Å². The Hall–Kier alpha value is -0.130. The first-order valence-electron chi connectivity index (χ1n) is 5.39. The largest absolute Gasteiger partial charge is 0.468 e. The minimum Gasteiger partial charge on any atom is -0.468 e. The van der Waals surface area contributed by atoms with Crippen LogP contribution in [0, 0.1) is 5.41 Å². The number of hydrogen-bond acceptors (Lipinski definition) is 4. The van der Waals surface area contributed by atoms with Gasteiger partial charge in [-0.15, -0.1) is 0 Å². The Labute approximate surface area is 106 Å². The molecule has 0 rings (SSSR count). The number of aliphatic hydroxyl groups is 1. The summed E-state index contributed by atoms with van der Waals surface area (Å²) in [5, 5.41) is 12.2. The highest BCUT2D eigenvalue weighted by Crippen LogP contribution is 2.21. The van der Waals surface area contributed by atoms with Crippen LogP contribution in [0.4, 0.5) is 0 Å². The highest BCUT2D eigenvalue weighted by Gasteiger charge is 2.25. The topological polar surface area (TPSA) is 58.6 Å². The van der Waals surface area contributed by atoms with Crippen LogP contribution in [0.3, 0.4) is 0 Å². The molecule has 4 nitrogen and oxygen atoms in total. The second kappa shape index (κ2) is 7.25. The van der Waals surface area contributed by atoms with Gasteiger partial charge in [0.1, 0.15) is 4.83 Å². The maximum absolute atomic E-state index is 11.2. The van der Waals surface area contributed by atoms with E-state index < -0.39 is 0 Å². The zero-order valence-corrected chi connectivity index (χ0v) is 12.0. The summed E-state index contributed by atoms with van der Waals surface area (Å²) < 4.78 is 4.61. The molecule has 0 amide bonds. The Balaban J connectivity index is 4.17. The van der Waals surface area contributed by atoms with Crippen molar-refractivity contribution in [2.45, 2.75) is 38.1 Å². The molecule has 5 heteroatoms. The Kier molecular flexibility index (Phi) is 7.19. The molecule has 2 atom stereocenters. The van der Waals surface area contributed by atoms with E-state index in [1.54, 1.807) is 0 Å². The SMILES string of the molecule is COC(=O)C(Br)CNC(CCO)C(C)(C)C. The average molecular weight is 296 g/mol. The number of carbonyl (C=O) groups is 1. The number of halogens is 1. The smallest absolute Gasteiger partial charge is 0.320 e. The number of aliphatic hydroxyl groups excluding tert-OH is 1. The summed E-state index contributed by atoms with van der Waals surface area (Å²) in [7, 11) is 1.37. The summed E-state index contributed by atoms with van der Waals surface area (Å²) >= 11 is 3.25. The molecule has 0 saturated heterocycles. The molecule has 0 bridgehead atoms. The minimum atomic E-state index is -0.346. The molecule has 0 heterocycles. The van der Waals surface area contributed by atoms with Crippen LogP contribution in [0.25, 0.3) is 0 Å². The maximum Gasteiger partial charge on any atom is 0.320 e. The predicted octanol–water partition coefficient (Wildman–Crippen LogP) is 1.31. The molecule has 0 saturated carbocycles. The fraction of sp³-hybridized carbons (Fsp3) is 0.909. The number of hydrogen-bond donors (Lipinski definition) is 2. The van der Waals surface area contributed by atoms with Crippen LogP contribution in [0.15, 0.2) is 0 Å². The molecule has 2 unspecified atom stereocenters. The van der Waals surface area contributed by atoms with Crippen LogP contribution in [-0.4, -0.2) is 42.2 Å². The molecular formula is C11H22BrNO3. The lowest BCUT2D eigenvalue weighted by molar-refractivity contribution is -0.139. The molecule has 0 aromatic heterocycles. The van der Waals surface area contributed by atoms with Crippen LogP contribution in [-0.2, 0) is 9.53 Å². The molecule has 0 spiro atoms. The quantitative estimate of drug-likeness (QED) is 0.573. The first-order chi connectivity index (χ1) is 7.32. The van der Waals surface area contributed by atoms with E-state index in [4.69, 9.17) is 5.11 Å². The molecule has 0 fully saturated rings. The van der Waals surface area contributed by atoms with Gasteiger partial charge in [-0.05, 0) is 11.8 Å². The second-order valence-electron chi connectivity index (χ2n) is 4.83. The van der Waals surface area contributed by atoms with E-state index in [0.29, 0.717) is 13.0 Å². The van der Waals surface area contributed by atoms with E-state index in [2.05, 4.69) is 46.8 Å².